The molecule has 192 valence electrons. The van der Waals surface area contributed by atoms with Crippen molar-refractivity contribution < 1.29 is 14.2 Å². The second kappa shape index (κ2) is 9.48. The summed E-state index contributed by atoms with van der Waals surface area (Å²) in [6, 6.07) is 42.3. The van der Waals surface area contributed by atoms with Crippen LogP contribution in [-0.2, 0) is 5.41 Å². The number of fused-ring (bicyclic) bond motifs is 4. The van der Waals surface area contributed by atoms with Crippen LogP contribution >= 0.6 is 0 Å². The van der Waals surface area contributed by atoms with E-state index in [0.29, 0.717) is 0 Å². The van der Waals surface area contributed by atoms with Gasteiger partial charge in [0, 0.05) is 11.1 Å². The fraction of sp³-hybridized carbons (Fsp3) is 0.0270. The highest BCUT2D eigenvalue weighted by atomic mass is 16.5. The Labute approximate surface area is 233 Å². The van der Waals surface area contributed by atoms with Crippen LogP contribution in [0.5, 0.6) is 23.0 Å². The van der Waals surface area contributed by atoms with Gasteiger partial charge >= 0.3 is 0 Å². The van der Waals surface area contributed by atoms with Crippen molar-refractivity contribution in [2.45, 2.75) is 5.41 Å². The molecule has 0 fully saturated rings. The van der Waals surface area contributed by atoms with Gasteiger partial charge in [-0.25, -0.2) is 0 Å². The molecule has 0 amide bonds. The Hall–Kier alpha value is -5.28. The minimum Gasteiger partial charge on any atom is -0.466 e. The minimum absolute atomic E-state index is 0.611. The number of hydrogen-bond acceptors (Lipinski definition) is 3. The molecule has 1 heterocycles. The largest absolute Gasteiger partial charge is 0.466 e. The summed E-state index contributed by atoms with van der Waals surface area (Å²) in [5.74, 6) is 3.24. The lowest BCUT2D eigenvalue weighted by Crippen LogP contribution is -2.34. The van der Waals surface area contributed by atoms with Crippen LogP contribution in [0.1, 0.15) is 22.3 Å². The Kier molecular flexibility index (Phi) is 5.64. The number of hydrogen-bond donors (Lipinski definition) is 0. The standard InChI is InChI=1S/C37H26O3/c1-3-38-31-19-15-25-21-29(17-13-27(25)23-31)37(30-18-14-28-24-32(39-4-2)20-16-26(28)22-30)33-9-5-7-11-35(33)40-36-12-8-6-10-34(36)37/h3-24H,1-2H2. The summed E-state index contributed by atoms with van der Waals surface area (Å²) in [4.78, 5) is 0. The van der Waals surface area contributed by atoms with Crippen LogP contribution in [0.3, 0.4) is 0 Å². The van der Waals surface area contributed by atoms with Crippen molar-refractivity contribution in [3.63, 3.8) is 0 Å². The Morgan fingerprint density at radius 3 is 1.40 bits per heavy atom. The number of ether oxygens (including phenoxy) is 3. The number of rotatable bonds is 6. The van der Waals surface area contributed by atoms with Gasteiger partial charge in [0.2, 0.25) is 0 Å². The maximum Gasteiger partial charge on any atom is 0.132 e. The highest BCUT2D eigenvalue weighted by molar-refractivity contribution is 5.88. The van der Waals surface area contributed by atoms with Crippen LogP contribution in [0, 0.1) is 0 Å². The lowest BCUT2D eigenvalue weighted by Gasteiger charge is -2.41. The van der Waals surface area contributed by atoms with Crippen molar-refractivity contribution in [2.24, 2.45) is 0 Å². The summed E-state index contributed by atoms with van der Waals surface area (Å²) < 4.78 is 17.6. The first-order valence-electron chi connectivity index (χ1n) is 13.2. The first kappa shape index (κ1) is 23.8. The average molecular weight is 519 g/mol. The molecule has 0 radical (unpaired) electrons. The number of benzene rings is 6. The van der Waals surface area contributed by atoms with E-state index in [0.717, 1.165) is 66.8 Å². The topological polar surface area (TPSA) is 27.7 Å². The van der Waals surface area contributed by atoms with Gasteiger partial charge in [-0.15, -0.1) is 0 Å². The highest BCUT2D eigenvalue weighted by Gasteiger charge is 2.45. The van der Waals surface area contributed by atoms with E-state index in [-0.39, 0.29) is 0 Å². The van der Waals surface area contributed by atoms with E-state index in [1.54, 1.807) is 0 Å². The van der Waals surface area contributed by atoms with Crippen molar-refractivity contribution in [1.82, 2.24) is 0 Å². The maximum absolute atomic E-state index is 6.48. The predicted molar refractivity (Wildman–Crippen MR) is 161 cm³/mol. The third-order valence-electron chi connectivity index (χ3n) is 7.73. The van der Waals surface area contributed by atoms with E-state index < -0.39 is 5.41 Å². The fourth-order valence-corrected chi connectivity index (χ4v) is 6.04. The van der Waals surface area contributed by atoms with Crippen molar-refractivity contribution in [1.29, 1.82) is 0 Å². The second-order valence-electron chi connectivity index (χ2n) is 9.86. The smallest absolute Gasteiger partial charge is 0.132 e. The van der Waals surface area contributed by atoms with E-state index >= 15 is 0 Å². The molecule has 0 aromatic heterocycles. The Bertz CT molecular complexity index is 1790. The van der Waals surface area contributed by atoms with Gasteiger partial charge in [-0.1, -0.05) is 86.0 Å². The third-order valence-corrected chi connectivity index (χ3v) is 7.73. The lowest BCUT2D eigenvalue weighted by molar-refractivity contribution is 0.434. The van der Waals surface area contributed by atoms with Gasteiger partial charge in [0.15, 0.2) is 0 Å². The summed E-state index contributed by atoms with van der Waals surface area (Å²) in [6.45, 7) is 7.37. The van der Waals surface area contributed by atoms with Gasteiger partial charge in [-0.3, -0.25) is 0 Å². The Balaban J connectivity index is 1.55. The molecule has 3 nitrogen and oxygen atoms in total. The SMILES string of the molecule is C=COc1ccc2cc(C3(c4ccc5cc(OC=C)ccc5c4)c4ccccc4Oc4ccccc43)ccc2c1. The molecule has 0 saturated heterocycles. The summed E-state index contributed by atoms with van der Waals surface area (Å²) >= 11 is 0. The molecule has 7 rings (SSSR count). The van der Waals surface area contributed by atoms with Crippen molar-refractivity contribution in [3.05, 3.63) is 169 Å². The first-order chi connectivity index (χ1) is 19.7. The van der Waals surface area contributed by atoms with E-state index in [4.69, 9.17) is 14.2 Å². The maximum atomic E-state index is 6.48. The first-order valence-corrected chi connectivity index (χ1v) is 13.2. The summed E-state index contributed by atoms with van der Waals surface area (Å²) in [5.41, 5.74) is 3.91. The molecule has 0 bridgehead atoms. The van der Waals surface area contributed by atoms with Crippen LogP contribution < -0.4 is 14.2 Å². The molecule has 0 spiro atoms. The van der Waals surface area contributed by atoms with Crippen LogP contribution in [-0.4, -0.2) is 0 Å². The molecule has 6 aromatic rings. The average Bonchev–Trinajstić information content (AvgIpc) is 3.00. The van der Waals surface area contributed by atoms with Gasteiger partial charge in [0.25, 0.3) is 0 Å². The van der Waals surface area contributed by atoms with Crippen LogP contribution in [0.25, 0.3) is 21.5 Å². The van der Waals surface area contributed by atoms with Crippen LogP contribution in [0.15, 0.2) is 147 Å². The molecule has 0 atom stereocenters. The molecule has 0 saturated carbocycles. The van der Waals surface area contributed by atoms with Crippen molar-refractivity contribution in [3.8, 4) is 23.0 Å². The zero-order valence-corrected chi connectivity index (χ0v) is 21.8. The molecular weight excluding hydrogens is 492 g/mol. The van der Waals surface area contributed by atoms with Gasteiger partial charge in [-0.05, 0) is 81.2 Å². The fourth-order valence-electron chi connectivity index (χ4n) is 6.04. The van der Waals surface area contributed by atoms with Crippen LogP contribution in [0.2, 0.25) is 0 Å². The second-order valence-corrected chi connectivity index (χ2v) is 9.86. The number of para-hydroxylation sites is 2. The molecule has 6 aromatic carbocycles. The van der Waals surface area contributed by atoms with Gasteiger partial charge in [-0.2, -0.15) is 0 Å². The molecule has 1 aliphatic heterocycles. The summed E-state index contributed by atoms with van der Waals surface area (Å²) in [6.07, 6.45) is 2.90. The van der Waals surface area contributed by atoms with E-state index in [2.05, 4.69) is 98.1 Å². The zero-order chi connectivity index (χ0) is 27.1. The van der Waals surface area contributed by atoms with Crippen molar-refractivity contribution >= 4 is 21.5 Å². The molecule has 0 N–H and O–H groups in total. The molecule has 40 heavy (non-hydrogen) atoms. The van der Waals surface area contributed by atoms with Gasteiger partial charge in [0.05, 0.1) is 17.9 Å². The van der Waals surface area contributed by atoms with E-state index in [9.17, 15) is 0 Å². The summed E-state index contributed by atoms with van der Waals surface area (Å²) in [7, 11) is 0. The third kappa shape index (κ3) is 3.67. The van der Waals surface area contributed by atoms with E-state index in [1.165, 1.54) is 12.5 Å². The Morgan fingerprint density at radius 2 is 0.925 bits per heavy atom. The Morgan fingerprint density at radius 1 is 0.500 bits per heavy atom. The predicted octanol–water partition coefficient (Wildman–Crippen LogP) is 9.53. The molecular formula is C37H26O3. The van der Waals surface area contributed by atoms with Gasteiger partial charge < -0.3 is 14.2 Å². The quantitative estimate of drug-likeness (QED) is 0.205. The lowest BCUT2D eigenvalue weighted by atomic mass is 9.63. The normalized spacial score (nSPS) is 13.1. The molecule has 0 unspecified atom stereocenters. The zero-order valence-electron chi connectivity index (χ0n) is 21.8. The monoisotopic (exact) mass is 518 g/mol. The molecule has 1 aliphatic rings. The van der Waals surface area contributed by atoms with Crippen LogP contribution in [0.4, 0.5) is 0 Å². The summed E-state index contributed by atoms with van der Waals surface area (Å²) in [5, 5.41) is 4.45. The molecule has 3 heteroatoms. The highest BCUT2D eigenvalue weighted by Crippen LogP contribution is 2.55. The molecule has 0 aliphatic carbocycles. The van der Waals surface area contributed by atoms with E-state index in [1.807, 2.05) is 36.4 Å². The van der Waals surface area contributed by atoms with Gasteiger partial charge in [0.1, 0.15) is 23.0 Å². The van der Waals surface area contributed by atoms with Crippen molar-refractivity contribution in [2.75, 3.05) is 0 Å². The minimum atomic E-state index is -0.611.